The number of anilines is 2. The van der Waals surface area contributed by atoms with Crippen LogP contribution in [0.15, 0.2) is 48.2 Å². The quantitative estimate of drug-likeness (QED) is 0.434. The molecule has 1 fully saturated rings. The Labute approximate surface area is 198 Å². The molecular formula is C24H32N8O2. The molecule has 4 heterocycles. The molecule has 4 rings (SSSR count). The van der Waals surface area contributed by atoms with Crippen LogP contribution >= 0.6 is 0 Å². The lowest BCUT2D eigenvalue weighted by molar-refractivity contribution is -0.132. The molecule has 3 aromatic heterocycles. The van der Waals surface area contributed by atoms with Gasteiger partial charge in [-0.05, 0) is 37.6 Å². The van der Waals surface area contributed by atoms with E-state index in [0.29, 0.717) is 37.1 Å². The number of rotatable bonds is 11. The number of carbonyl (C=O) groups is 1. The van der Waals surface area contributed by atoms with Gasteiger partial charge in [0.1, 0.15) is 5.65 Å². The van der Waals surface area contributed by atoms with Gasteiger partial charge in [-0.3, -0.25) is 18.8 Å². The molecular weight excluding hydrogens is 432 g/mol. The van der Waals surface area contributed by atoms with Crippen molar-refractivity contribution in [1.29, 1.82) is 0 Å². The summed E-state index contributed by atoms with van der Waals surface area (Å²) in [4.78, 5) is 37.4. The summed E-state index contributed by atoms with van der Waals surface area (Å²) in [5, 5.41) is 8.42. The number of hydrogen-bond acceptors (Lipinski definition) is 7. The Kier molecular flexibility index (Phi) is 7.36. The maximum atomic E-state index is 12.6. The van der Waals surface area contributed by atoms with Gasteiger partial charge >= 0.3 is 0 Å². The van der Waals surface area contributed by atoms with E-state index in [9.17, 15) is 9.59 Å². The molecule has 1 aliphatic rings. The molecule has 0 aromatic carbocycles. The van der Waals surface area contributed by atoms with Crippen LogP contribution in [0.3, 0.4) is 0 Å². The van der Waals surface area contributed by atoms with E-state index in [4.69, 9.17) is 0 Å². The number of pyridine rings is 1. The van der Waals surface area contributed by atoms with Crippen LogP contribution in [0.5, 0.6) is 0 Å². The summed E-state index contributed by atoms with van der Waals surface area (Å²) in [5.41, 5.74) is 1.29. The van der Waals surface area contributed by atoms with Gasteiger partial charge in [-0.15, -0.1) is 0 Å². The summed E-state index contributed by atoms with van der Waals surface area (Å²) in [6.45, 7) is 13.5. The first-order valence-corrected chi connectivity index (χ1v) is 11.8. The number of aryl methyl sites for hydroxylation is 1. The van der Waals surface area contributed by atoms with Crippen LogP contribution in [0.1, 0.15) is 20.3 Å². The second kappa shape index (κ2) is 10.6. The fraction of sp³-hybridized carbons (Fsp3) is 0.458. The number of carbonyl (C=O) groups excluding carboxylic acids is 1. The van der Waals surface area contributed by atoms with E-state index in [1.807, 2.05) is 10.9 Å². The van der Waals surface area contributed by atoms with Gasteiger partial charge < -0.3 is 15.1 Å². The largest absolute Gasteiger partial charge is 0.338 e. The summed E-state index contributed by atoms with van der Waals surface area (Å²) in [7, 11) is 0. The SMILES string of the molecule is C=CC(=O)N1CC(CCn2c(=O)ccc3cnc(Nc4cnn(CCN(CC)CC)c4)nc32)C1. The maximum absolute atomic E-state index is 12.6. The van der Waals surface area contributed by atoms with Gasteiger partial charge in [-0.25, -0.2) is 4.98 Å². The second-order valence-corrected chi connectivity index (χ2v) is 8.54. The molecule has 10 heteroatoms. The highest BCUT2D eigenvalue weighted by Crippen LogP contribution is 2.21. The fourth-order valence-electron chi connectivity index (χ4n) is 4.18. The molecule has 0 radical (unpaired) electrons. The molecule has 10 nitrogen and oxygen atoms in total. The van der Waals surface area contributed by atoms with Crippen LogP contribution in [0.25, 0.3) is 11.0 Å². The number of aromatic nitrogens is 5. The first-order chi connectivity index (χ1) is 16.5. The Balaban J connectivity index is 1.43. The topological polar surface area (TPSA) is 101 Å². The predicted octanol–water partition coefficient (Wildman–Crippen LogP) is 2.11. The van der Waals surface area contributed by atoms with Crippen LogP contribution in [-0.4, -0.2) is 72.7 Å². The molecule has 34 heavy (non-hydrogen) atoms. The molecule has 1 aliphatic heterocycles. The predicted molar refractivity (Wildman–Crippen MR) is 132 cm³/mol. The van der Waals surface area contributed by atoms with Gasteiger partial charge in [0.2, 0.25) is 11.9 Å². The zero-order valence-electron chi connectivity index (χ0n) is 19.9. The summed E-state index contributed by atoms with van der Waals surface area (Å²) in [6, 6.07) is 3.30. The Morgan fingerprint density at radius 1 is 1.24 bits per heavy atom. The number of nitrogens with zero attached hydrogens (tertiary/aromatic N) is 7. The number of amides is 1. The lowest BCUT2D eigenvalue weighted by atomic mass is 9.96. The monoisotopic (exact) mass is 464 g/mol. The molecule has 180 valence electrons. The zero-order chi connectivity index (χ0) is 24.1. The van der Waals surface area contributed by atoms with Crippen molar-refractivity contribution in [1.82, 2.24) is 34.1 Å². The zero-order valence-corrected chi connectivity index (χ0v) is 19.9. The minimum atomic E-state index is -0.0975. The van der Waals surface area contributed by atoms with Crippen molar-refractivity contribution in [2.45, 2.75) is 33.4 Å². The minimum Gasteiger partial charge on any atom is -0.338 e. The third-order valence-corrected chi connectivity index (χ3v) is 6.36. The van der Waals surface area contributed by atoms with Crippen molar-refractivity contribution in [3.05, 3.63) is 53.7 Å². The summed E-state index contributed by atoms with van der Waals surface area (Å²) < 4.78 is 3.59. The van der Waals surface area contributed by atoms with Crippen LogP contribution < -0.4 is 10.9 Å². The molecule has 1 N–H and O–H groups in total. The molecule has 0 unspecified atom stereocenters. The van der Waals surface area contributed by atoms with Gasteiger partial charge in [0.05, 0.1) is 18.4 Å². The molecule has 0 bridgehead atoms. The molecule has 0 aliphatic carbocycles. The van der Waals surface area contributed by atoms with Crippen molar-refractivity contribution in [2.24, 2.45) is 5.92 Å². The van der Waals surface area contributed by atoms with E-state index in [1.165, 1.54) is 6.08 Å². The lowest BCUT2D eigenvalue weighted by Gasteiger charge is -2.38. The van der Waals surface area contributed by atoms with E-state index in [0.717, 1.165) is 43.7 Å². The standard InChI is InChI=1S/C24H32N8O2/c1-4-21(33)30-15-18(16-30)9-10-32-22(34)8-7-19-13-25-24(28-23(19)32)27-20-14-26-31(17-20)12-11-29(5-2)6-3/h4,7-8,13-14,17-18H,1,5-6,9-12,15-16H2,2-3H3,(H,25,27,28). The van der Waals surface area contributed by atoms with E-state index < -0.39 is 0 Å². The van der Waals surface area contributed by atoms with Crippen LogP contribution in [0.2, 0.25) is 0 Å². The maximum Gasteiger partial charge on any atom is 0.252 e. The normalized spacial score (nSPS) is 13.9. The average Bonchev–Trinajstić information content (AvgIpc) is 3.26. The molecule has 1 saturated heterocycles. The summed E-state index contributed by atoms with van der Waals surface area (Å²) >= 11 is 0. The highest BCUT2D eigenvalue weighted by molar-refractivity contribution is 5.87. The first kappa shape index (κ1) is 23.6. The van der Waals surface area contributed by atoms with Crippen molar-refractivity contribution in [3.63, 3.8) is 0 Å². The molecule has 0 spiro atoms. The number of likely N-dealkylation sites (tertiary alicyclic amines) is 1. The van der Waals surface area contributed by atoms with Gasteiger partial charge in [0, 0.05) is 50.0 Å². The smallest absolute Gasteiger partial charge is 0.252 e. The summed E-state index contributed by atoms with van der Waals surface area (Å²) in [5.74, 6) is 0.743. The van der Waals surface area contributed by atoms with Crippen molar-refractivity contribution >= 4 is 28.6 Å². The minimum absolute atomic E-state index is 0.0431. The Morgan fingerprint density at radius 3 is 2.76 bits per heavy atom. The van der Waals surface area contributed by atoms with Gasteiger partial charge in [0.15, 0.2) is 0 Å². The van der Waals surface area contributed by atoms with Gasteiger partial charge in [-0.2, -0.15) is 10.1 Å². The highest BCUT2D eigenvalue weighted by atomic mass is 16.2. The van der Waals surface area contributed by atoms with E-state index >= 15 is 0 Å². The molecule has 3 aromatic rings. The van der Waals surface area contributed by atoms with Gasteiger partial charge in [-0.1, -0.05) is 20.4 Å². The molecule has 0 atom stereocenters. The lowest BCUT2D eigenvalue weighted by Crippen LogP contribution is -2.49. The molecule has 0 saturated carbocycles. The van der Waals surface area contributed by atoms with Crippen LogP contribution in [-0.2, 0) is 17.9 Å². The number of fused-ring (bicyclic) bond motifs is 1. The third-order valence-electron chi connectivity index (χ3n) is 6.36. The van der Waals surface area contributed by atoms with Crippen molar-refractivity contribution in [3.8, 4) is 0 Å². The van der Waals surface area contributed by atoms with Crippen LogP contribution in [0, 0.1) is 5.92 Å². The van der Waals surface area contributed by atoms with Crippen molar-refractivity contribution < 1.29 is 4.79 Å². The number of hydrogen-bond donors (Lipinski definition) is 1. The van der Waals surface area contributed by atoms with E-state index in [2.05, 4.69) is 45.7 Å². The number of likely N-dealkylation sites (N-methyl/N-ethyl adjacent to an activating group) is 1. The second-order valence-electron chi connectivity index (χ2n) is 8.54. The Hall–Kier alpha value is -3.53. The third kappa shape index (κ3) is 5.33. The Bertz CT molecular complexity index is 1210. The highest BCUT2D eigenvalue weighted by Gasteiger charge is 2.29. The summed E-state index contributed by atoms with van der Waals surface area (Å²) in [6.07, 6.45) is 7.54. The Morgan fingerprint density at radius 2 is 2.03 bits per heavy atom. The number of nitrogens with one attached hydrogen (secondary N) is 1. The van der Waals surface area contributed by atoms with E-state index in [-0.39, 0.29) is 11.5 Å². The van der Waals surface area contributed by atoms with Crippen LogP contribution in [0.4, 0.5) is 11.6 Å². The average molecular weight is 465 g/mol. The van der Waals surface area contributed by atoms with Gasteiger partial charge in [0.25, 0.3) is 5.56 Å². The fourth-order valence-corrected chi connectivity index (χ4v) is 4.18. The first-order valence-electron chi connectivity index (χ1n) is 11.8. The van der Waals surface area contributed by atoms with Crippen molar-refractivity contribution in [2.75, 3.05) is 38.0 Å². The van der Waals surface area contributed by atoms with E-state index in [1.54, 1.807) is 34.0 Å². The molecule has 1 amide bonds.